The zero-order valence-corrected chi connectivity index (χ0v) is 14.1. The molecule has 22 heavy (non-hydrogen) atoms. The molecule has 0 atom stereocenters. The highest BCUT2D eigenvalue weighted by molar-refractivity contribution is 7.90. The molecule has 0 bridgehead atoms. The van der Waals surface area contributed by atoms with E-state index in [1.165, 1.54) is 0 Å². The Balaban J connectivity index is 4.34. The predicted octanol–water partition coefficient (Wildman–Crippen LogP) is -2.55. The van der Waals surface area contributed by atoms with Crippen molar-refractivity contribution in [3.8, 4) is 0 Å². The van der Waals surface area contributed by atoms with Crippen LogP contribution in [0.3, 0.4) is 0 Å². The van der Waals surface area contributed by atoms with E-state index in [4.69, 9.17) is 9.11 Å². The van der Waals surface area contributed by atoms with Crippen LogP contribution in [0.5, 0.6) is 0 Å². The topological polar surface area (TPSA) is 195 Å². The number of hydrogen-bond acceptors (Lipinski definition) is 10. The Morgan fingerprint density at radius 3 is 1.05 bits per heavy atom. The Morgan fingerprint density at radius 2 is 0.818 bits per heavy atom. The Bertz CT molecular complexity index is 687. The maximum Gasteiger partial charge on any atom is 0.268 e. The van der Waals surface area contributed by atoms with Gasteiger partial charge < -0.3 is 0 Å². The van der Waals surface area contributed by atoms with E-state index in [9.17, 15) is 33.7 Å². The van der Waals surface area contributed by atoms with E-state index >= 15 is 0 Å². The van der Waals surface area contributed by atoms with Gasteiger partial charge in [-0.05, 0) is 0 Å². The maximum absolute atomic E-state index is 11.2. The lowest BCUT2D eigenvalue weighted by Crippen LogP contribution is -2.24. The zero-order valence-electron chi connectivity index (χ0n) is 10.9. The average molecular weight is 406 g/mol. The SMILES string of the molecule is O=S(=O)(O)CCOS(=O)(=O)CCS(=O)(=O)OCCS(=O)(=O)O. The molecule has 0 rings (SSSR count). The normalized spacial score (nSPS) is 14.1. The van der Waals surface area contributed by atoms with Crippen molar-refractivity contribution in [2.45, 2.75) is 0 Å². The van der Waals surface area contributed by atoms with Gasteiger partial charge in [0.2, 0.25) is 0 Å². The molecule has 134 valence electrons. The van der Waals surface area contributed by atoms with Crippen LogP contribution < -0.4 is 0 Å². The van der Waals surface area contributed by atoms with Crippen molar-refractivity contribution in [1.29, 1.82) is 0 Å². The predicted molar refractivity (Wildman–Crippen MR) is 72.3 cm³/mol. The second-order valence-corrected chi connectivity index (χ2v) is 10.4. The van der Waals surface area contributed by atoms with Gasteiger partial charge in [0.15, 0.2) is 0 Å². The summed E-state index contributed by atoms with van der Waals surface area (Å²) in [6.07, 6.45) is 0. The Kier molecular flexibility index (Phi) is 7.82. The fourth-order valence-electron chi connectivity index (χ4n) is 0.855. The van der Waals surface area contributed by atoms with Gasteiger partial charge >= 0.3 is 0 Å². The minimum Gasteiger partial charge on any atom is -0.285 e. The Morgan fingerprint density at radius 1 is 0.545 bits per heavy atom. The van der Waals surface area contributed by atoms with E-state index in [0.717, 1.165) is 0 Å². The summed E-state index contributed by atoms with van der Waals surface area (Å²) in [6.45, 7) is -1.80. The van der Waals surface area contributed by atoms with Crippen LogP contribution in [-0.2, 0) is 48.8 Å². The van der Waals surface area contributed by atoms with Crippen LogP contribution in [0.15, 0.2) is 0 Å². The number of hydrogen-bond donors (Lipinski definition) is 2. The summed E-state index contributed by atoms with van der Waals surface area (Å²) in [4.78, 5) is 0. The molecule has 0 aliphatic heterocycles. The third kappa shape index (κ3) is 13.3. The summed E-state index contributed by atoms with van der Waals surface area (Å²) >= 11 is 0. The highest BCUT2D eigenvalue weighted by Crippen LogP contribution is 2.01. The standard InChI is InChI=1S/C6H14O12S4/c7-19(8,9)3-1-17-21(13,14)5-6-22(15,16)18-2-4-20(10,11)12/h1-6H2,(H,7,8,9)(H,10,11,12). The monoisotopic (exact) mass is 406 g/mol. The minimum atomic E-state index is -4.43. The molecule has 0 fully saturated rings. The van der Waals surface area contributed by atoms with Gasteiger partial charge in [0.1, 0.15) is 11.5 Å². The molecule has 16 heteroatoms. The van der Waals surface area contributed by atoms with Crippen molar-refractivity contribution < 1.29 is 51.1 Å². The molecule has 12 nitrogen and oxygen atoms in total. The first-order valence-corrected chi connectivity index (χ1v) is 11.6. The van der Waals surface area contributed by atoms with Crippen LogP contribution in [0, 0.1) is 0 Å². The number of rotatable bonds is 11. The molecule has 0 saturated carbocycles. The molecular formula is C6H14O12S4. The lowest BCUT2D eigenvalue weighted by Gasteiger charge is -2.06. The highest BCUT2D eigenvalue weighted by Gasteiger charge is 2.20. The Labute approximate surface area is 128 Å². The van der Waals surface area contributed by atoms with Crippen LogP contribution in [0.4, 0.5) is 0 Å². The van der Waals surface area contributed by atoms with Gasteiger partial charge in [-0.2, -0.15) is 33.7 Å². The van der Waals surface area contributed by atoms with Crippen LogP contribution in [0.25, 0.3) is 0 Å². The molecule has 0 aliphatic carbocycles. The second-order valence-electron chi connectivity index (χ2n) is 3.74. The average Bonchev–Trinajstić information content (AvgIpc) is 2.22. The largest absolute Gasteiger partial charge is 0.285 e. The summed E-state index contributed by atoms with van der Waals surface area (Å²) in [7, 11) is -17.6. The van der Waals surface area contributed by atoms with E-state index in [2.05, 4.69) is 8.37 Å². The van der Waals surface area contributed by atoms with Crippen LogP contribution >= 0.6 is 0 Å². The first-order chi connectivity index (χ1) is 9.62. The fraction of sp³-hybridized carbons (Fsp3) is 1.00. The summed E-state index contributed by atoms with van der Waals surface area (Å²) in [6, 6.07) is 0. The summed E-state index contributed by atoms with van der Waals surface area (Å²) < 4.78 is 111. The van der Waals surface area contributed by atoms with Gasteiger partial charge in [-0.3, -0.25) is 17.5 Å². The summed E-state index contributed by atoms with van der Waals surface area (Å²) in [5.41, 5.74) is 0. The van der Waals surface area contributed by atoms with Crippen LogP contribution in [0.1, 0.15) is 0 Å². The van der Waals surface area contributed by atoms with Gasteiger partial charge in [0, 0.05) is 0 Å². The molecule has 0 aliphatic rings. The van der Waals surface area contributed by atoms with Gasteiger partial charge in [-0.1, -0.05) is 0 Å². The molecular weight excluding hydrogens is 392 g/mol. The molecule has 2 N–H and O–H groups in total. The maximum atomic E-state index is 11.2. The van der Waals surface area contributed by atoms with E-state index < -0.39 is 76.7 Å². The van der Waals surface area contributed by atoms with E-state index in [1.807, 2.05) is 0 Å². The van der Waals surface area contributed by atoms with Crippen molar-refractivity contribution in [1.82, 2.24) is 0 Å². The fourth-order valence-corrected chi connectivity index (χ4v) is 4.20. The summed E-state index contributed by atoms with van der Waals surface area (Å²) in [5.74, 6) is -4.15. The van der Waals surface area contributed by atoms with Crippen molar-refractivity contribution in [3.05, 3.63) is 0 Å². The second kappa shape index (κ2) is 7.95. The molecule has 0 aromatic rings. The first kappa shape index (κ1) is 21.6. The molecule has 0 aromatic heterocycles. The van der Waals surface area contributed by atoms with Gasteiger partial charge in [-0.15, -0.1) is 0 Å². The molecule has 0 unspecified atom stereocenters. The third-order valence-corrected chi connectivity index (χ3v) is 5.88. The third-order valence-electron chi connectivity index (χ3n) is 1.79. The molecule has 0 radical (unpaired) electrons. The van der Waals surface area contributed by atoms with Gasteiger partial charge in [-0.25, -0.2) is 0 Å². The van der Waals surface area contributed by atoms with Gasteiger partial charge in [0.05, 0.1) is 24.7 Å². The molecule has 0 saturated heterocycles. The lowest BCUT2D eigenvalue weighted by molar-refractivity contribution is 0.328. The van der Waals surface area contributed by atoms with Crippen molar-refractivity contribution in [3.63, 3.8) is 0 Å². The van der Waals surface area contributed by atoms with E-state index in [0.29, 0.717) is 0 Å². The van der Waals surface area contributed by atoms with Crippen molar-refractivity contribution in [2.75, 3.05) is 36.2 Å². The minimum absolute atomic E-state index is 0.898. The van der Waals surface area contributed by atoms with Crippen molar-refractivity contribution >= 4 is 40.5 Å². The highest BCUT2D eigenvalue weighted by atomic mass is 32.2. The summed E-state index contributed by atoms with van der Waals surface area (Å²) in [5, 5.41) is 0. The molecule has 0 aromatic carbocycles. The van der Waals surface area contributed by atoms with Crippen LogP contribution in [0.2, 0.25) is 0 Å². The smallest absolute Gasteiger partial charge is 0.268 e. The van der Waals surface area contributed by atoms with Gasteiger partial charge in [0.25, 0.3) is 40.5 Å². The molecule has 0 heterocycles. The van der Waals surface area contributed by atoms with Crippen LogP contribution in [-0.4, -0.2) is 79.0 Å². The molecule has 0 amide bonds. The quantitative estimate of drug-likeness (QED) is 0.270. The zero-order chi connectivity index (χ0) is 17.7. The Hall–Kier alpha value is -0.360. The first-order valence-electron chi connectivity index (χ1n) is 5.26. The van der Waals surface area contributed by atoms with E-state index in [1.54, 1.807) is 0 Å². The van der Waals surface area contributed by atoms with Crippen molar-refractivity contribution in [2.24, 2.45) is 0 Å². The van der Waals surface area contributed by atoms with E-state index in [-0.39, 0.29) is 0 Å². The molecule has 0 spiro atoms. The lowest BCUT2D eigenvalue weighted by atomic mass is 10.9.